The molecule has 1 spiro atoms. The standard InChI is InChI=1S/C10H13NO/c11-9-7-2-6-12-8(7)1-3-10(9)4-5-10/h2,6,9H,1,3-5,11H2. The zero-order valence-electron chi connectivity index (χ0n) is 7.05. The maximum absolute atomic E-state index is 6.17. The van der Waals surface area contributed by atoms with E-state index in [2.05, 4.69) is 0 Å². The van der Waals surface area contributed by atoms with Gasteiger partial charge in [-0.1, -0.05) is 0 Å². The number of nitrogens with two attached hydrogens (primary N) is 1. The lowest BCUT2D eigenvalue weighted by atomic mass is 9.81. The van der Waals surface area contributed by atoms with E-state index >= 15 is 0 Å². The molecule has 2 aliphatic carbocycles. The summed E-state index contributed by atoms with van der Waals surface area (Å²) in [5.41, 5.74) is 7.90. The molecule has 1 atom stereocenters. The Balaban J connectivity index is 2.07. The van der Waals surface area contributed by atoms with Gasteiger partial charge in [0.25, 0.3) is 0 Å². The van der Waals surface area contributed by atoms with Crippen molar-refractivity contribution >= 4 is 0 Å². The fourth-order valence-electron chi connectivity index (χ4n) is 2.40. The van der Waals surface area contributed by atoms with Crippen molar-refractivity contribution in [2.24, 2.45) is 11.1 Å². The van der Waals surface area contributed by atoms with Crippen LogP contribution in [0.4, 0.5) is 0 Å². The minimum absolute atomic E-state index is 0.250. The Morgan fingerprint density at radius 1 is 1.42 bits per heavy atom. The third-order valence-corrected chi connectivity index (χ3v) is 3.52. The van der Waals surface area contributed by atoms with Gasteiger partial charge in [-0.05, 0) is 30.7 Å². The number of hydrogen-bond donors (Lipinski definition) is 1. The Hall–Kier alpha value is -0.760. The van der Waals surface area contributed by atoms with Crippen LogP contribution in [0.2, 0.25) is 0 Å². The third kappa shape index (κ3) is 0.686. The second-order valence-electron chi connectivity index (χ2n) is 4.14. The van der Waals surface area contributed by atoms with Gasteiger partial charge in [0.05, 0.1) is 6.26 Å². The van der Waals surface area contributed by atoms with Gasteiger partial charge in [0.15, 0.2) is 0 Å². The summed E-state index contributed by atoms with van der Waals surface area (Å²) in [6.45, 7) is 0. The first-order valence-electron chi connectivity index (χ1n) is 4.64. The average Bonchev–Trinajstić information content (AvgIpc) is 2.69. The molecule has 1 saturated carbocycles. The van der Waals surface area contributed by atoms with Crippen LogP contribution in [0.15, 0.2) is 16.7 Å². The molecule has 0 aliphatic heterocycles. The van der Waals surface area contributed by atoms with E-state index in [1.807, 2.05) is 6.07 Å². The van der Waals surface area contributed by atoms with Gasteiger partial charge in [-0.25, -0.2) is 0 Å². The molecule has 0 aromatic carbocycles. The van der Waals surface area contributed by atoms with Crippen molar-refractivity contribution in [1.29, 1.82) is 0 Å². The van der Waals surface area contributed by atoms with E-state index in [0.717, 1.165) is 12.2 Å². The minimum atomic E-state index is 0.250. The summed E-state index contributed by atoms with van der Waals surface area (Å²) in [4.78, 5) is 0. The summed E-state index contributed by atoms with van der Waals surface area (Å²) < 4.78 is 5.37. The van der Waals surface area contributed by atoms with Crippen molar-refractivity contribution in [1.82, 2.24) is 0 Å². The van der Waals surface area contributed by atoms with Crippen molar-refractivity contribution in [3.8, 4) is 0 Å². The van der Waals surface area contributed by atoms with Gasteiger partial charge in [-0.15, -0.1) is 0 Å². The first-order valence-corrected chi connectivity index (χ1v) is 4.64. The lowest BCUT2D eigenvalue weighted by Gasteiger charge is -2.27. The molecule has 64 valence electrons. The van der Waals surface area contributed by atoms with Crippen LogP contribution in [-0.2, 0) is 6.42 Å². The van der Waals surface area contributed by atoms with E-state index < -0.39 is 0 Å². The minimum Gasteiger partial charge on any atom is -0.469 e. The first-order chi connectivity index (χ1) is 5.82. The van der Waals surface area contributed by atoms with Crippen LogP contribution in [-0.4, -0.2) is 0 Å². The van der Waals surface area contributed by atoms with Crippen molar-refractivity contribution in [2.45, 2.75) is 31.7 Å². The molecule has 0 bridgehead atoms. The smallest absolute Gasteiger partial charge is 0.108 e. The Labute approximate surface area is 71.7 Å². The quantitative estimate of drug-likeness (QED) is 0.635. The van der Waals surface area contributed by atoms with Crippen LogP contribution < -0.4 is 5.73 Å². The van der Waals surface area contributed by atoms with Crippen LogP contribution in [0, 0.1) is 5.41 Å². The molecule has 1 heterocycles. The van der Waals surface area contributed by atoms with Crippen molar-refractivity contribution < 1.29 is 4.42 Å². The third-order valence-electron chi connectivity index (χ3n) is 3.52. The zero-order valence-corrected chi connectivity index (χ0v) is 7.05. The normalized spacial score (nSPS) is 30.2. The number of furan rings is 1. The van der Waals surface area contributed by atoms with Gasteiger partial charge in [0.2, 0.25) is 0 Å². The monoisotopic (exact) mass is 163 g/mol. The number of fused-ring (bicyclic) bond motifs is 1. The average molecular weight is 163 g/mol. The molecular weight excluding hydrogens is 150 g/mol. The predicted molar refractivity (Wildman–Crippen MR) is 45.6 cm³/mol. The zero-order chi connectivity index (χ0) is 8.18. The fraction of sp³-hybridized carbons (Fsp3) is 0.600. The molecule has 0 radical (unpaired) electrons. The fourth-order valence-corrected chi connectivity index (χ4v) is 2.40. The molecule has 1 aromatic rings. The summed E-state index contributed by atoms with van der Waals surface area (Å²) in [5.74, 6) is 1.13. The maximum Gasteiger partial charge on any atom is 0.108 e. The lowest BCUT2D eigenvalue weighted by molar-refractivity contribution is 0.327. The summed E-state index contributed by atoms with van der Waals surface area (Å²) in [5, 5.41) is 0. The molecular formula is C10H13NO. The van der Waals surface area contributed by atoms with Crippen molar-refractivity contribution in [3.63, 3.8) is 0 Å². The summed E-state index contributed by atoms with van der Waals surface area (Å²) >= 11 is 0. The second kappa shape index (κ2) is 1.94. The highest BCUT2D eigenvalue weighted by molar-refractivity contribution is 5.29. The highest BCUT2D eigenvalue weighted by Gasteiger charge is 2.51. The highest BCUT2D eigenvalue weighted by atomic mass is 16.3. The Morgan fingerprint density at radius 2 is 2.25 bits per heavy atom. The summed E-state index contributed by atoms with van der Waals surface area (Å²) in [6, 6.07) is 2.29. The largest absolute Gasteiger partial charge is 0.469 e. The van der Waals surface area contributed by atoms with Crippen LogP contribution in [0.5, 0.6) is 0 Å². The van der Waals surface area contributed by atoms with Crippen molar-refractivity contribution in [2.75, 3.05) is 0 Å². The summed E-state index contributed by atoms with van der Waals surface area (Å²) in [7, 11) is 0. The number of aryl methyl sites for hydroxylation is 1. The van der Waals surface area contributed by atoms with E-state index in [-0.39, 0.29) is 6.04 Å². The second-order valence-corrected chi connectivity index (χ2v) is 4.14. The maximum atomic E-state index is 6.17. The molecule has 0 amide bonds. The van der Waals surface area contributed by atoms with E-state index in [9.17, 15) is 0 Å². The van der Waals surface area contributed by atoms with Crippen LogP contribution >= 0.6 is 0 Å². The molecule has 2 heteroatoms. The van der Waals surface area contributed by atoms with Gasteiger partial charge < -0.3 is 10.2 Å². The van der Waals surface area contributed by atoms with Gasteiger partial charge in [-0.2, -0.15) is 0 Å². The molecule has 1 unspecified atom stereocenters. The van der Waals surface area contributed by atoms with E-state index in [0.29, 0.717) is 5.41 Å². The summed E-state index contributed by atoms with van der Waals surface area (Å²) in [6.07, 6.45) is 6.73. The van der Waals surface area contributed by atoms with Crippen LogP contribution in [0.3, 0.4) is 0 Å². The Bertz CT molecular complexity index is 311. The van der Waals surface area contributed by atoms with Gasteiger partial charge in [0, 0.05) is 18.0 Å². The number of rotatable bonds is 0. The van der Waals surface area contributed by atoms with Crippen LogP contribution in [0.1, 0.15) is 36.6 Å². The van der Waals surface area contributed by atoms with E-state index in [4.69, 9.17) is 10.2 Å². The Morgan fingerprint density at radius 3 is 3.00 bits per heavy atom. The Kier molecular flexibility index (Phi) is 1.09. The van der Waals surface area contributed by atoms with E-state index in [1.165, 1.54) is 24.8 Å². The lowest BCUT2D eigenvalue weighted by Crippen LogP contribution is -2.27. The van der Waals surface area contributed by atoms with Gasteiger partial charge >= 0.3 is 0 Å². The van der Waals surface area contributed by atoms with E-state index in [1.54, 1.807) is 6.26 Å². The molecule has 1 aromatic heterocycles. The van der Waals surface area contributed by atoms with Gasteiger partial charge in [-0.3, -0.25) is 0 Å². The topological polar surface area (TPSA) is 39.2 Å². The number of hydrogen-bond acceptors (Lipinski definition) is 2. The molecule has 12 heavy (non-hydrogen) atoms. The van der Waals surface area contributed by atoms with Crippen molar-refractivity contribution in [3.05, 3.63) is 23.7 Å². The molecule has 2 N–H and O–H groups in total. The van der Waals surface area contributed by atoms with Crippen LogP contribution in [0.25, 0.3) is 0 Å². The molecule has 1 fully saturated rings. The first kappa shape index (κ1) is 6.72. The predicted octanol–water partition coefficient (Wildman–Crippen LogP) is 2.01. The molecule has 3 rings (SSSR count). The molecule has 0 saturated heterocycles. The molecule has 2 aliphatic rings. The van der Waals surface area contributed by atoms with Gasteiger partial charge in [0.1, 0.15) is 5.76 Å². The highest BCUT2D eigenvalue weighted by Crippen LogP contribution is 2.59. The SMILES string of the molecule is NC1c2ccoc2CCC12CC2. The molecule has 2 nitrogen and oxygen atoms in total.